The zero-order valence-electron chi connectivity index (χ0n) is 20.0. The second-order valence-corrected chi connectivity index (χ2v) is 9.33. The van der Waals surface area contributed by atoms with Crippen LogP contribution in [0.5, 0.6) is 0 Å². The van der Waals surface area contributed by atoms with E-state index in [9.17, 15) is 19.2 Å². The van der Waals surface area contributed by atoms with Crippen LogP contribution in [-0.4, -0.2) is 52.1 Å². The number of aryl methyl sites for hydroxylation is 1. The molecule has 33 heavy (non-hydrogen) atoms. The van der Waals surface area contributed by atoms with E-state index < -0.39 is 6.04 Å². The standard InChI is InChI=1S/C26H35N3O4/c1-5-22(24(31)27-17(2)3)29(16-19-12-10-18(4)11-13-19)23(30)14-15-28-25(32)20-8-6-7-9-21(20)26(28)33/h6-7,10-13,17,20-22H,5,8-9,14-16H2,1-4H3,(H,27,31)/t20-,21+,22-/m1/s1. The fraction of sp³-hybridized carbons (Fsp3) is 0.538. The number of nitrogens with one attached hydrogen (secondary N) is 1. The van der Waals surface area contributed by atoms with Gasteiger partial charge in [-0.15, -0.1) is 0 Å². The molecule has 1 aromatic rings. The predicted molar refractivity (Wildman–Crippen MR) is 126 cm³/mol. The number of imide groups is 1. The summed E-state index contributed by atoms with van der Waals surface area (Å²) in [4.78, 5) is 54.6. The Hall–Kier alpha value is -2.96. The van der Waals surface area contributed by atoms with Crippen LogP contribution >= 0.6 is 0 Å². The van der Waals surface area contributed by atoms with Crippen molar-refractivity contribution in [2.45, 2.75) is 72.0 Å². The van der Waals surface area contributed by atoms with E-state index in [4.69, 9.17) is 0 Å². The summed E-state index contributed by atoms with van der Waals surface area (Å²) in [6.07, 6.45) is 5.52. The lowest BCUT2D eigenvalue weighted by Gasteiger charge is -2.31. The summed E-state index contributed by atoms with van der Waals surface area (Å²) in [5, 5.41) is 2.91. The molecule has 0 bridgehead atoms. The van der Waals surface area contributed by atoms with Gasteiger partial charge < -0.3 is 10.2 Å². The summed E-state index contributed by atoms with van der Waals surface area (Å²) in [7, 11) is 0. The Balaban J connectivity index is 1.75. The number of hydrogen-bond donors (Lipinski definition) is 1. The van der Waals surface area contributed by atoms with Crippen LogP contribution in [-0.2, 0) is 25.7 Å². The van der Waals surface area contributed by atoms with Crippen molar-refractivity contribution in [1.82, 2.24) is 15.1 Å². The third-order valence-electron chi connectivity index (χ3n) is 6.44. The van der Waals surface area contributed by atoms with Crippen molar-refractivity contribution in [3.05, 3.63) is 47.5 Å². The lowest BCUT2D eigenvalue weighted by Crippen LogP contribution is -2.51. The molecule has 7 nitrogen and oxygen atoms in total. The van der Waals surface area contributed by atoms with Gasteiger partial charge in [-0.25, -0.2) is 0 Å². The van der Waals surface area contributed by atoms with Gasteiger partial charge >= 0.3 is 0 Å². The number of hydrogen-bond acceptors (Lipinski definition) is 4. The van der Waals surface area contributed by atoms with Gasteiger partial charge in [-0.2, -0.15) is 0 Å². The largest absolute Gasteiger partial charge is 0.352 e. The van der Waals surface area contributed by atoms with Crippen LogP contribution in [0.15, 0.2) is 36.4 Å². The number of carbonyl (C=O) groups is 4. The van der Waals surface area contributed by atoms with Crippen molar-refractivity contribution in [1.29, 1.82) is 0 Å². The normalized spacial score (nSPS) is 20.7. The Bertz CT molecular complexity index is 896. The summed E-state index contributed by atoms with van der Waals surface area (Å²) < 4.78 is 0. The molecule has 178 valence electrons. The molecule has 1 fully saturated rings. The van der Waals surface area contributed by atoms with Crippen molar-refractivity contribution >= 4 is 23.6 Å². The van der Waals surface area contributed by atoms with E-state index in [1.54, 1.807) is 4.90 Å². The van der Waals surface area contributed by atoms with Crippen LogP contribution in [0.25, 0.3) is 0 Å². The molecule has 1 aromatic carbocycles. The highest BCUT2D eigenvalue weighted by Gasteiger charge is 2.47. The van der Waals surface area contributed by atoms with E-state index in [0.29, 0.717) is 25.8 Å². The highest BCUT2D eigenvalue weighted by molar-refractivity contribution is 6.05. The molecular formula is C26H35N3O4. The Morgan fingerprint density at radius 1 is 1.06 bits per heavy atom. The maximum Gasteiger partial charge on any atom is 0.243 e. The molecule has 0 saturated carbocycles. The van der Waals surface area contributed by atoms with Crippen molar-refractivity contribution in [2.75, 3.05) is 6.54 Å². The molecule has 7 heteroatoms. The Kier molecular flexibility index (Phi) is 8.06. The summed E-state index contributed by atoms with van der Waals surface area (Å²) in [5.41, 5.74) is 2.04. The maximum absolute atomic E-state index is 13.4. The summed E-state index contributed by atoms with van der Waals surface area (Å²) in [5.74, 6) is -1.41. The lowest BCUT2D eigenvalue weighted by atomic mass is 9.85. The van der Waals surface area contributed by atoms with Crippen LogP contribution in [0.4, 0.5) is 0 Å². The molecule has 1 aliphatic carbocycles. The molecule has 0 unspecified atom stereocenters. The lowest BCUT2D eigenvalue weighted by molar-refractivity contribution is -0.144. The van der Waals surface area contributed by atoms with E-state index in [2.05, 4.69) is 5.32 Å². The predicted octanol–water partition coefficient (Wildman–Crippen LogP) is 2.97. The molecule has 0 radical (unpaired) electrons. The molecule has 1 aliphatic heterocycles. The Morgan fingerprint density at radius 3 is 2.15 bits per heavy atom. The minimum Gasteiger partial charge on any atom is -0.352 e. The van der Waals surface area contributed by atoms with Gasteiger partial charge in [-0.1, -0.05) is 48.9 Å². The monoisotopic (exact) mass is 453 g/mol. The topological polar surface area (TPSA) is 86.8 Å². The molecule has 1 N–H and O–H groups in total. The average molecular weight is 454 g/mol. The number of benzene rings is 1. The van der Waals surface area contributed by atoms with Gasteiger partial charge in [0.25, 0.3) is 0 Å². The quantitative estimate of drug-likeness (QED) is 0.460. The second-order valence-electron chi connectivity index (χ2n) is 9.33. The van der Waals surface area contributed by atoms with Gasteiger partial charge in [0.15, 0.2) is 0 Å². The van der Waals surface area contributed by atoms with Crippen LogP contribution in [0.3, 0.4) is 0 Å². The molecule has 3 rings (SSSR count). The van der Waals surface area contributed by atoms with Crippen LogP contribution in [0.2, 0.25) is 0 Å². The minimum atomic E-state index is -0.627. The number of rotatable bonds is 9. The van der Waals surface area contributed by atoms with Crippen LogP contribution < -0.4 is 5.32 Å². The number of allylic oxidation sites excluding steroid dienone is 2. The van der Waals surface area contributed by atoms with Crippen molar-refractivity contribution in [2.24, 2.45) is 11.8 Å². The molecule has 0 spiro atoms. The van der Waals surface area contributed by atoms with Crippen LogP contribution in [0, 0.1) is 18.8 Å². The highest BCUT2D eigenvalue weighted by atomic mass is 16.2. The molecule has 2 aliphatic rings. The smallest absolute Gasteiger partial charge is 0.243 e. The zero-order valence-corrected chi connectivity index (χ0v) is 20.0. The maximum atomic E-state index is 13.4. The van der Waals surface area contributed by atoms with Gasteiger partial charge in [0, 0.05) is 25.6 Å². The van der Waals surface area contributed by atoms with Gasteiger partial charge in [-0.3, -0.25) is 24.1 Å². The summed E-state index contributed by atoms with van der Waals surface area (Å²) >= 11 is 0. The van der Waals surface area contributed by atoms with E-state index in [0.717, 1.165) is 11.1 Å². The third-order valence-corrected chi connectivity index (χ3v) is 6.44. The number of fused-ring (bicyclic) bond motifs is 1. The summed E-state index contributed by atoms with van der Waals surface area (Å²) in [6, 6.07) is 7.19. The molecule has 3 atom stereocenters. The van der Waals surface area contributed by atoms with E-state index >= 15 is 0 Å². The highest BCUT2D eigenvalue weighted by Crippen LogP contribution is 2.35. The molecule has 1 saturated heterocycles. The third kappa shape index (κ3) is 5.70. The number of amides is 4. The first-order valence-corrected chi connectivity index (χ1v) is 11.9. The van der Waals surface area contributed by atoms with E-state index in [1.165, 1.54) is 4.90 Å². The average Bonchev–Trinajstić information content (AvgIpc) is 3.02. The van der Waals surface area contributed by atoms with Gasteiger partial charge in [0.05, 0.1) is 11.8 Å². The Morgan fingerprint density at radius 2 is 1.64 bits per heavy atom. The van der Waals surface area contributed by atoms with E-state index in [1.807, 2.05) is 64.1 Å². The SMILES string of the molecule is CC[C@H](C(=O)NC(C)C)N(Cc1ccc(C)cc1)C(=O)CCN1C(=O)[C@H]2CC=CC[C@H]2C1=O. The number of nitrogens with zero attached hydrogens (tertiary/aromatic N) is 2. The van der Waals surface area contributed by atoms with Gasteiger partial charge in [0.1, 0.15) is 6.04 Å². The van der Waals surface area contributed by atoms with Crippen molar-refractivity contribution in [3.8, 4) is 0 Å². The van der Waals surface area contributed by atoms with Gasteiger partial charge in [-0.05, 0) is 45.6 Å². The van der Waals surface area contributed by atoms with Crippen LogP contribution in [0.1, 0.15) is 57.6 Å². The Labute approximate surface area is 196 Å². The summed E-state index contributed by atoms with van der Waals surface area (Å²) in [6.45, 7) is 7.99. The first-order chi connectivity index (χ1) is 15.7. The van der Waals surface area contributed by atoms with Crippen molar-refractivity contribution < 1.29 is 19.2 Å². The molecular weight excluding hydrogens is 418 g/mol. The fourth-order valence-corrected chi connectivity index (χ4v) is 4.63. The zero-order chi connectivity index (χ0) is 24.1. The minimum absolute atomic E-state index is 0.00166. The molecule has 1 heterocycles. The second kappa shape index (κ2) is 10.8. The van der Waals surface area contributed by atoms with Gasteiger partial charge in [0.2, 0.25) is 23.6 Å². The molecule has 0 aromatic heterocycles. The van der Waals surface area contributed by atoms with Crippen molar-refractivity contribution in [3.63, 3.8) is 0 Å². The number of carbonyl (C=O) groups excluding carboxylic acids is 4. The first kappa shape index (κ1) is 24.7. The van der Waals surface area contributed by atoms with E-state index in [-0.39, 0.29) is 54.5 Å². The molecule has 4 amide bonds. The first-order valence-electron chi connectivity index (χ1n) is 11.9. The number of likely N-dealkylation sites (tertiary alicyclic amines) is 1. The fourth-order valence-electron chi connectivity index (χ4n) is 4.63.